The van der Waals surface area contributed by atoms with Crippen LogP contribution in [0.1, 0.15) is 19.3 Å². The molecule has 0 saturated carbocycles. The molecule has 1 aliphatic rings. The first-order valence-corrected chi connectivity index (χ1v) is 8.90. The van der Waals surface area contributed by atoms with Gasteiger partial charge in [-0.2, -0.15) is 0 Å². The summed E-state index contributed by atoms with van der Waals surface area (Å²) >= 11 is 3.47. The smallest absolute Gasteiger partial charge is 0.277 e. The topological polar surface area (TPSA) is 53.9 Å². The molecular formula is C17H19BrN4O. The zero-order valence-electron chi connectivity index (χ0n) is 12.9. The summed E-state index contributed by atoms with van der Waals surface area (Å²) in [6, 6.07) is 5.93. The van der Waals surface area contributed by atoms with Crippen molar-refractivity contribution in [3.63, 3.8) is 0 Å². The highest BCUT2D eigenvalue weighted by Crippen LogP contribution is 2.24. The fourth-order valence-electron chi connectivity index (χ4n) is 3.35. The van der Waals surface area contributed by atoms with Crippen molar-refractivity contribution in [3.8, 4) is 0 Å². The van der Waals surface area contributed by atoms with E-state index in [0.717, 1.165) is 40.5 Å². The van der Waals surface area contributed by atoms with Gasteiger partial charge in [-0.05, 0) is 44.1 Å². The number of halogens is 1. The van der Waals surface area contributed by atoms with E-state index in [9.17, 15) is 4.79 Å². The average molecular weight is 375 g/mol. The van der Waals surface area contributed by atoms with Gasteiger partial charge < -0.3 is 9.88 Å². The molecule has 1 N–H and O–H groups in total. The van der Waals surface area contributed by atoms with Crippen LogP contribution in [0.25, 0.3) is 21.9 Å². The van der Waals surface area contributed by atoms with Gasteiger partial charge in [0, 0.05) is 28.5 Å². The van der Waals surface area contributed by atoms with Gasteiger partial charge >= 0.3 is 0 Å². The third-order valence-electron chi connectivity index (χ3n) is 4.64. The molecule has 1 aromatic carbocycles. The van der Waals surface area contributed by atoms with Crippen LogP contribution in [0.4, 0.5) is 0 Å². The van der Waals surface area contributed by atoms with E-state index in [1.54, 1.807) is 10.9 Å². The summed E-state index contributed by atoms with van der Waals surface area (Å²) in [5.41, 5.74) is 2.31. The van der Waals surface area contributed by atoms with Crippen LogP contribution >= 0.6 is 15.9 Å². The minimum Gasteiger partial charge on any atom is -0.349 e. The van der Waals surface area contributed by atoms with E-state index in [-0.39, 0.29) is 5.56 Å². The summed E-state index contributed by atoms with van der Waals surface area (Å²) in [5, 5.41) is 0.981. The lowest BCUT2D eigenvalue weighted by molar-refractivity contribution is 0.220. The molecule has 4 rings (SSSR count). The normalized spacial score (nSPS) is 16.4. The molecule has 6 heteroatoms. The van der Waals surface area contributed by atoms with Crippen molar-refractivity contribution in [1.29, 1.82) is 0 Å². The third kappa shape index (κ3) is 2.81. The molecule has 0 amide bonds. The Labute approximate surface area is 142 Å². The van der Waals surface area contributed by atoms with Crippen molar-refractivity contribution < 1.29 is 0 Å². The summed E-state index contributed by atoms with van der Waals surface area (Å²) in [4.78, 5) is 22.9. The highest BCUT2D eigenvalue weighted by molar-refractivity contribution is 9.10. The van der Waals surface area contributed by atoms with E-state index in [2.05, 4.69) is 30.8 Å². The molecule has 5 nitrogen and oxygen atoms in total. The van der Waals surface area contributed by atoms with Gasteiger partial charge in [0.1, 0.15) is 11.0 Å². The molecule has 0 bridgehead atoms. The molecule has 0 radical (unpaired) electrons. The Hall–Kier alpha value is -1.66. The molecule has 3 heterocycles. The number of benzene rings is 1. The Morgan fingerprint density at radius 1 is 1.17 bits per heavy atom. The molecule has 0 unspecified atom stereocenters. The quantitative estimate of drug-likeness (QED) is 0.765. The van der Waals surface area contributed by atoms with Crippen LogP contribution in [0.3, 0.4) is 0 Å². The number of aromatic amines is 1. The van der Waals surface area contributed by atoms with Crippen molar-refractivity contribution in [2.45, 2.75) is 25.8 Å². The predicted octanol–water partition coefficient (Wildman–Crippen LogP) is 3.13. The van der Waals surface area contributed by atoms with Crippen LogP contribution in [-0.4, -0.2) is 39.1 Å². The summed E-state index contributed by atoms with van der Waals surface area (Å²) in [6.45, 7) is 3.90. The number of aromatic nitrogens is 3. The largest absolute Gasteiger partial charge is 0.349 e. The van der Waals surface area contributed by atoms with Gasteiger partial charge in [-0.15, -0.1) is 0 Å². The molecule has 2 aromatic heterocycles. The number of H-pyrrole nitrogens is 1. The van der Waals surface area contributed by atoms with E-state index in [1.165, 1.54) is 19.3 Å². The van der Waals surface area contributed by atoms with E-state index in [0.29, 0.717) is 12.1 Å². The SMILES string of the molecule is O=c1c2[nH]c3ccc(Br)cc3c2ncn1CCN1CCCCC1. The summed E-state index contributed by atoms with van der Waals surface area (Å²) in [5.74, 6) is 0. The fraction of sp³-hybridized carbons (Fsp3) is 0.412. The van der Waals surface area contributed by atoms with E-state index in [1.807, 2.05) is 18.2 Å². The van der Waals surface area contributed by atoms with Crippen LogP contribution in [0.5, 0.6) is 0 Å². The number of rotatable bonds is 3. The second-order valence-electron chi connectivity index (χ2n) is 6.18. The minimum absolute atomic E-state index is 0.0133. The summed E-state index contributed by atoms with van der Waals surface area (Å²) in [6.07, 6.45) is 5.55. The highest BCUT2D eigenvalue weighted by atomic mass is 79.9. The van der Waals surface area contributed by atoms with Crippen LogP contribution in [0.2, 0.25) is 0 Å². The maximum absolute atomic E-state index is 12.7. The zero-order valence-corrected chi connectivity index (χ0v) is 14.5. The molecule has 0 spiro atoms. The Bertz CT molecular complexity index is 908. The highest BCUT2D eigenvalue weighted by Gasteiger charge is 2.13. The first kappa shape index (κ1) is 14.9. The van der Waals surface area contributed by atoms with E-state index < -0.39 is 0 Å². The predicted molar refractivity (Wildman–Crippen MR) is 95.9 cm³/mol. The number of fused-ring (bicyclic) bond motifs is 3. The van der Waals surface area contributed by atoms with Crippen LogP contribution in [0, 0.1) is 0 Å². The average Bonchev–Trinajstić information content (AvgIpc) is 2.94. The lowest BCUT2D eigenvalue weighted by atomic mass is 10.1. The standard InChI is InChI=1S/C17H19BrN4O/c18-12-4-5-14-13(10-12)15-16(20-14)17(23)22(11-19-15)9-8-21-6-2-1-3-7-21/h4-5,10-11,20H,1-3,6-9H2. The van der Waals surface area contributed by atoms with Gasteiger partial charge in [0.15, 0.2) is 0 Å². The second kappa shape index (κ2) is 6.09. The monoisotopic (exact) mass is 374 g/mol. The van der Waals surface area contributed by atoms with Gasteiger partial charge in [-0.3, -0.25) is 9.36 Å². The van der Waals surface area contributed by atoms with Crippen LogP contribution < -0.4 is 5.56 Å². The Balaban J connectivity index is 1.67. The summed E-state index contributed by atoms with van der Waals surface area (Å²) in [7, 11) is 0. The van der Waals surface area contributed by atoms with E-state index >= 15 is 0 Å². The number of nitrogens with one attached hydrogen (secondary N) is 1. The van der Waals surface area contributed by atoms with Crippen molar-refractivity contribution in [2.75, 3.05) is 19.6 Å². The van der Waals surface area contributed by atoms with Crippen LogP contribution in [0.15, 0.2) is 33.8 Å². The van der Waals surface area contributed by atoms with Gasteiger partial charge in [-0.1, -0.05) is 22.4 Å². The van der Waals surface area contributed by atoms with Crippen molar-refractivity contribution >= 4 is 37.9 Å². The number of piperidine rings is 1. The third-order valence-corrected chi connectivity index (χ3v) is 5.13. The van der Waals surface area contributed by atoms with Gasteiger partial charge in [0.05, 0.1) is 6.33 Å². The molecule has 1 fully saturated rings. The molecule has 1 aliphatic heterocycles. The molecular weight excluding hydrogens is 356 g/mol. The van der Waals surface area contributed by atoms with Crippen molar-refractivity contribution in [3.05, 3.63) is 39.4 Å². The maximum atomic E-state index is 12.7. The van der Waals surface area contributed by atoms with Gasteiger partial charge in [-0.25, -0.2) is 4.98 Å². The lowest BCUT2D eigenvalue weighted by Crippen LogP contribution is -2.34. The minimum atomic E-state index is 0.0133. The molecule has 0 aliphatic carbocycles. The van der Waals surface area contributed by atoms with Crippen molar-refractivity contribution in [1.82, 2.24) is 19.4 Å². The first-order chi connectivity index (χ1) is 11.2. The fourth-order valence-corrected chi connectivity index (χ4v) is 3.71. The lowest BCUT2D eigenvalue weighted by Gasteiger charge is -2.26. The number of likely N-dealkylation sites (tertiary alicyclic amines) is 1. The molecule has 0 atom stereocenters. The van der Waals surface area contributed by atoms with Gasteiger partial charge in [0.2, 0.25) is 0 Å². The first-order valence-electron chi connectivity index (χ1n) is 8.11. The molecule has 1 saturated heterocycles. The van der Waals surface area contributed by atoms with Crippen molar-refractivity contribution in [2.24, 2.45) is 0 Å². The maximum Gasteiger partial charge on any atom is 0.277 e. The Kier molecular flexibility index (Phi) is 3.95. The Morgan fingerprint density at radius 3 is 2.83 bits per heavy atom. The molecule has 120 valence electrons. The molecule has 23 heavy (non-hydrogen) atoms. The number of hydrogen-bond acceptors (Lipinski definition) is 3. The van der Waals surface area contributed by atoms with Gasteiger partial charge in [0.25, 0.3) is 5.56 Å². The van der Waals surface area contributed by atoms with Crippen LogP contribution in [-0.2, 0) is 6.54 Å². The summed E-state index contributed by atoms with van der Waals surface area (Å²) < 4.78 is 2.71. The van der Waals surface area contributed by atoms with E-state index in [4.69, 9.17) is 0 Å². The Morgan fingerprint density at radius 2 is 2.00 bits per heavy atom. The number of nitrogens with zero attached hydrogens (tertiary/aromatic N) is 3. The molecule has 3 aromatic rings. The number of hydrogen-bond donors (Lipinski definition) is 1. The zero-order chi connectivity index (χ0) is 15.8. The second-order valence-corrected chi connectivity index (χ2v) is 7.10.